The van der Waals surface area contributed by atoms with Crippen LogP contribution in [-0.4, -0.2) is 36.6 Å². The minimum Gasteiger partial charge on any atom is -0.378 e. The van der Waals surface area contributed by atoms with Crippen molar-refractivity contribution in [1.29, 1.82) is 0 Å². The summed E-state index contributed by atoms with van der Waals surface area (Å²) < 4.78 is 6.00. The molecule has 26 heavy (non-hydrogen) atoms. The van der Waals surface area contributed by atoms with E-state index in [9.17, 15) is 4.79 Å². The Balaban J connectivity index is 0.00000243. The van der Waals surface area contributed by atoms with Crippen molar-refractivity contribution in [2.24, 2.45) is 5.73 Å². The summed E-state index contributed by atoms with van der Waals surface area (Å²) in [5, 5.41) is 0. The van der Waals surface area contributed by atoms with Gasteiger partial charge in [0.2, 0.25) is 0 Å². The summed E-state index contributed by atoms with van der Waals surface area (Å²) in [4.78, 5) is 14.5. The van der Waals surface area contributed by atoms with E-state index in [1.54, 1.807) is 0 Å². The standard InChI is InChI=1S/C21H26N2O2.ClH/c22-16-18-6-8-19(9-7-18)21(24)23-13-10-20(11-14-23)25-15-12-17-4-2-1-3-5-17;/h1-9,20H,10-16,22H2;1H. The van der Waals surface area contributed by atoms with E-state index in [0.717, 1.165) is 50.1 Å². The predicted molar refractivity (Wildman–Crippen MR) is 107 cm³/mol. The Hall–Kier alpha value is -1.88. The normalized spacial score (nSPS) is 14.7. The maximum absolute atomic E-state index is 12.6. The fourth-order valence-corrected chi connectivity index (χ4v) is 3.18. The van der Waals surface area contributed by atoms with Crippen molar-refractivity contribution in [3.8, 4) is 0 Å². The van der Waals surface area contributed by atoms with Gasteiger partial charge in [-0.15, -0.1) is 12.4 Å². The van der Waals surface area contributed by atoms with Gasteiger partial charge in [0.05, 0.1) is 12.7 Å². The topological polar surface area (TPSA) is 55.6 Å². The van der Waals surface area contributed by atoms with Crippen molar-refractivity contribution >= 4 is 18.3 Å². The molecule has 0 aliphatic carbocycles. The Bertz CT molecular complexity index is 668. The largest absolute Gasteiger partial charge is 0.378 e. The zero-order valence-corrected chi connectivity index (χ0v) is 15.8. The van der Waals surface area contributed by atoms with Crippen LogP contribution < -0.4 is 5.73 Å². The second-order valence-corrected chi connectivity index (χ2v) is 6.50. The van der Waals surface area contributed by atoms with Crippen LogP contribution >= 0.6 is 12.4 Å². The van der Waals surface area contributed by atoms with Gasteiger partial charge in [0.1, 0.15) is 0 Å². The molecule has 0 bridgehead atoms. The van der Waals surface area contributed by atoms with Crippen molar-refractivity contribution < 1.29 is 9.53 Å². The number of amides is 1. The van der Waals surface area contributed by atoms with Gasteiger partial charge in [0.25, 0.3) is 5.91 Å². The van der Waals surface area contributed by atoms with Gasteiger partial charge in [-0.3, -0.25) is 4.79 Å². The van der Waals surface area contributed by atoms with Crippen molar-refractivity contribution in [2.75, 3.05) is 19.7 Å². The fourth-order valence-electron chi connectivity index (χ4n) is 3.18. The van der Waals surface area contributed by atoms with E-state index in [1.165, 1.54) is 5.56 Å². The van der Waals surface area contributed by atoms with E-state index in [4.69, 9.17) is 10.5 Å². The molecule has 1 aliphatic heterocycles. The highest BCUT2D eigenvalue weighted by Gasteiger charge is 2.23. The van der Waals surface area contributed by atoms with Gasteiger partial charge in [-0.1, -0.05) is 42.5 Å². The smallest absolute Gasteiger partial charge is 0.253 e. The van der Waals surface area contributed by atoms with Crippen LogP contribution in [0.15, 0.2) is 54.6 Å². The molecular weight excluding hydrogens is 348 g/mol. The second-order valence-electron chi connectivity index (χ2n) is 6.50. The van der Waals surface area contributed by atoms with Crippen LogP contribution in [0.1, 0.15) is 34.3 Å². The minimum atomic E-state index is 0. The van der Waals surface area contributed by atoms with E-state index in [1.807, 2.05) is 35.2 Å². The van der Waals surface area contributed by atoms with Gasteiger partial charge in [-0.25, -0.2) is 0 Å². The number of benzene rings is 2. The van der Waals surface area contributed by atoms with E-state index in [2.05, 4.69) is 24.3 Å². The first-order valence-electron chi connectivity index (χ1n) is 9.00. The quantitative estimate of drug-likeness (QED) is 0.842. The molecule has 0 unspecified atom stereocenters. The van der Waals surface area contributed by atoms with E-state index in [0.29, 0.717) is 6.54 Å². The number of likely N-dealkylation sites (tertiary alicyclic amines) is 1. The molecule has 1 heterocycles. The Morgan fingerprint density at radius 1 is 1.00 bits per heavy atom. The molecule has 0 saturated carbocycles. The van der Waals surface area contributed by atoms with Crippen LogP contribution in [-0.2, 0) is 17.7 Å². The summed E-state index contributed by atoms with van der Waals surface area (Å²) in [5.74, 6) is 0.103. The fraction of sp³-hybridized carbons (Fsp3) is 0.381. The average Bonchev–Trinajstić information content (AvgIpc) is 2.69. The molecule has 2 aromatic rings. The lowest BCUT2D eigenvalue weighted by atomic mass is 10.1. The van der Waals surface area contributed by atoms with Crippen molar-refractivity contribution in [2.45, 2.75) is 31.9 Å². The molecule has 0 spiro atoms. The van der Waals surface area contributed by atoms with Gasteiger partial charge in [-0.05, 0) is 42.5 Å². The van der Waals surface area contributed by atoms with Crippen LogP contribution in [0.25, 0.3) is 0 Å². The van der Waals surface area contributed by atoms with Crippen molar-refractivity contribution in [1.82, 2.24) is 4.90 Å². The third-order valence-corrected chi connectivity index (χ3v) is 4.75. The summed E-state index contributed by atoms with van der Waals surface area (Å²) in [7, 11) is 0. The van der Waals surface area contributed by atoms with Crippen molar-refractivity contribution in [3.05, 3.63) is 71.3 Å². The highest BCUT2D eigenvalue weighted by Crippen LogP contribution is 2.17. The first kappa shape index (κ1) is 20.4. The molecule has 5 heteroatoms. The molecule has 1 aliphatic rings. The summed E-state index contributed by atoms with van der Waals surface area (Å²) in [6, 6.07) is 18.0. The molecule has 3 rings (SSSR count). The summed E-state index contributed by atoms with van der Waals surface area (Å²) >= 11 is 0. The number of hydrogen-bond acceptors (Lipinski definition) is 3. The first-order chi connectivity index (χ1) is 12.3. The number of nitrogens with zero attached hydrogens (tertiary/aromatic N) is 1. The van der Waals surface area contributed by atoms with Crippen LogP contribution in [0.4, 0.5) is 0 Å². The monoisotopic (exact) mass is 374 g/mol. The zero-order valence-electron chi connectivity index (χ0n) is 15.0. The third-order valence-electron chi connectivity index (χ3n) is 4.75. The highest BCUT2D eigenvalue weighted by molar-refractivity contribution is 5.94. The Morgan fingerprint density at radius 2 is 1.65 bits per heavy atom. The lowest BCUT2D eigenvalue weighted by molar-refractivity contribution is 0.0100. The van der Waals surface area contributed by atoms with E-state index < -0.39 is 0 Å². The molecule has 140 valence electrons. The molecule has 0 aromatic heterocycles. The lowest BCUT2D eigenvalue weighted by Gasteiger charge is -2.32. The molecule has 2 N–H and O–H groups in total. The molecule has 1 fully saturated rings. The summed E-state index contributed by atoms with van der Waals surface area (Å²) in [6.07, 6.45) is 3.00. The number of hydrogen-bond donors (Lipinski definition) is 1. The Morgan fingerprint density at radius 3 is 2.27 bits per heavy atom. The number of nitrogens with two attached hydrogens (primary N) is 1. The van der Waals surface area contributed by atoms with E-state index >= 15 is 0 Å². The highest BCUT2D eigenvalue weighted by atomic mass is 35.5. The van der Waals surface area contributed by atoms with Crippen LogP contribution in [0.3, 0.4) is 0 Å². The number of halogens is 1. The predicted octanol–water partition coefficient (Wildman–Crippen LogP) is 3.43. The molecule has 2 aromatic carbocycles. The van der Waals surface area contributed by atoms with Crippen LogP contribution in [0.5, 0.6) is 0 Å². The SMILES string of the molecule is Cl.NCc1ccc(C(=O)N2CCC(OCCc3ccccc3)CC2)cc1. The number of carbonyl (C=O) groups excluding carboxylic acids is 1. The first-order valence-corrected chi connectivity index (χ1v) is 9.00. The molecule has 1 saturated heterocycles. The molecule has 4 nitrogen and oxygen atoms in total. The van der Waals surface area contributed by atoms with Gasteiger partial charge in [0, 0.05) is 25.2 Å². The van der Waals surface area contributed by atoms with Gasteiger partial charge in [0.15, 0.2) is 0 Å². The maximum Gasteiger partial charge on any atom is 0.253 e. The summed E-state index contributed by atoms with van der Waals surface area (Å²) in [5.41, 5.74) is 8.68. The van der Waals surface area contributed by atoms with Gasteiger partial charge in [-0.2, -0.15) is 0 Å². The second kappa shape index (κ2) is 10.3. The Labute approximate surface area is 161 Å². The molecule has 1 amide bonds. The number of ether oxygens (including phenoxy) is 1. The maximum atomic E-state index is 12.6. The number of rotatable bonds is 6. The Kier molecular flexibility index (Phi) is 8.10. The van der Waals surface area contributed by atoms with E-state index in [-0.39, 0.29) is 24.4 Å². The van der Waals surface area contributed by atoms with Crippen LogP contribution in [0.2, 0.25) is 0 Å². The van der Waals surface area contributed by atoms with Gasteiger partial charge < -0.3 is 15.4 Å². The lowest BCUT2D eigenvalue weighted by Crippen LogP contribution is -2.41. The van der Waals surface area contributed by atoms with Crippen molar-refractivity contribution in [3.63, 3.8) is 0 Å². The zero-order chi connectivity index (χ0) is 17.5. The molecular formula is C21H27ClN2O2. The van der Waals surface area contributed by atoms with Crippen LogP contribution in [0, 0.1) is 0 Å². The summed E-state index contributed by atoms with van der Waals surface area (Å²) in [6.45, 7) is 2.75. The minimum absolute atomic E-state index is 0. The average molecular weight is 375 g/mol. The number of carbonyl (C=O) groups is 1. The number of piperidine rings is 1. The van der Waals surface area contributed by atoms with Gasteiger partial charge >= 0.3 is 0 Å². The third kappa shape index (κ3) is 5.56. The molecule has 0 radical (unpaired) electrons. The molecule has 0 atom stereocenters.